The molecule has 1 amide bonds. The van der Waals surface area contributed by atoms with Gasteiger partial charge in [0.25, 0.3) is 11.1 Å². The molecule has 0 radical (unpaired) electrons. The number of carbonyl (C=O) groups excluding carboxylic acids is 2. The molecule has 2 fully saturated rings. The Morgan fingerprint density at radius 1 is 1.00 bits per heavy atom. The van der Waals surface area contributed by atoms with Gasteiger partial charge >= 0.3 is 5.97 Å². The number of ether oxygens (including phenoxy) is 2. The van der Waals surface area contributed by atoms with Crippen LogP contribution in [-0.4, -0.2) is 46.6 Å². The average molecular weight is 577 g/mol. The zero-order chi connectivity index (χ0) is 27.6. The van der Waals surface area contributed by atoms with Crippen molar-refractivity contribution in [2.45, 2.75) is 61.8 Å². The van der Waals surface area contributed by atoms with E-state index in [2.05, 4.69) is 9.88 Å². The van der Waals surface area contributed by atoms with Crippen LogP contribution in [0.5, 0.6) is 5.75 Å². The first-order valence-corrected chi connectivity index (χ1v) is 14.9. The molecule has 40 heavy (non-hydrogen) atoms. The lowest BCUT2D eigenvalue weighted by Crippen LogP contribution is -2.49. The number of rotatable bonds is 8. The van der Waals surface area contributed by atoms with Crippen molar-refractivity contribution in [2.24, 2.45) is 0 Å². The van der Waals surface area contributed by atoms with Gasteiger partial charge in [-0.3, -0.25) is 4.79 Å². The van der Waals surface area contributed by atoms with Gasteiger partial charge < -0.3 is 18.8 Å². The maximum Gasteiger partial charge on any atom is 0.338 e. The first kappa shape index (κ1) is 26.7. The molecule has 4 aromatic rings. The number of esters is 1. The van der Waals surface area contributed by atoms with Crippen LogP contribution in [0.2, 0.25) is 5.02 Å². The molecule has 0 saturated carbocycles. The fourth-order valence-electron chi connectivity index (χ4n) is 5.61. The van der Waals surface area contributed by atoms with Crippen LogP contribution in [0.15, 0.2) is 76.4 Å². The molecule has 0 spiro atoms. The average Bonchev–Trinajstić information content (AvgIpc) is 3.49. The van der Waals surface area contributed by atoms with Gasteiger partial charge in [0.05, 0.1) is 12.2 Å². The Kier molecular flexibility index (Phi) is 7.71. The third kappa shape index (κ3) is 5.69. The van der Waals surface area contributed by atoms with E-state index in [0.29, 0.717) is 39.3 Å². The molecule has 0 N–H and O–H groups in total. The highest BCUT2D eigenvalue weighted by Gasteiger charge is 2.44. The van der Waals surface area contributed by atoms with Crippen LogP contribution < -0.4 is 4.74 Å². The first-order chi connectivity index (χ1) is 19.5. The second kappa shape index (κ2) is 11.6. The Hall–Kier alpha value is -3.49. The van der Waals surface area contributed by atoms with E-state index in [9.17, 15) is 9.59 Å². The Balaban J connectivity index is 1.04. The fourth-order valence-corrected chi connectivity index (χ4v) is 6.56. The molecule has 2 saturated heterocycles. The van der Waals surface area contributed by atoms with E-state index in [-0.39, 0.29) is 30.1 Å². The molecule has 1 unspecified atom stereocenters. The molecule has 2 aliphatic heterocycles. The van der Waals surface area contributed by atoms with E-state index in [4.69, 9.17) is 25.5 Å². The predicted octanol–water partition coefficient (Wildman–Crippen LogP) is 7.16. The van der Waals surface area contributed by atoms with Gasteiger partial charge in [-0.2, -0.15) is 0 Å². The second-order valence-corrected chi connectivity index (χ2v) is 11.5. The van der Waals surface area contributed by atoms with Gasteiger partial charge in [0.2, 0.25) is 0 Å². The minimum absolute atomic E-state index is 0.0391. The van der Waals surface area contributed by atoms with Crippen LogP contribution in [0, 0.1) is 0 Å². The minimum Gasteiger partial charge on any atom is -0.490 e. The van der Waals surface area contributed by atoms with Crippen molar-refractivity contribution in [1.29, 1.82) is 0 Å². The monoisotopic (exact) mass is 576 g/mol. The highest BCUT2D eigenvalue weighted by atomic mass is 35.5. The van der Waals surface area contributed by atoms with Gasteiger partial charge in [0, 0.05) is 47.3 Å². The summed E-state index contributed by atoms with van der Waals surface area (Å²) in [5.74, 6) is 1.16. The summed E-state index contributed by atoms with van der Waals surface area (Å²) in [7, 11) is 0. The minimum atomic E-state index is -0.334. The summed E-state index contributed by atoms with van der Waals surface area (Å²) in [6, 6.07) is 20.6. The summed E-state index contributed by atoms with van der Waals surface area (Å²) in [5.41, 5.74) is 3.76. The van der Waals surface area contributed by atoms with Gasteiger partial charge in [0.1, 0.15) is 17.4 Å². The maximum atomic E-state index is 13.5. The number of nitrogens with zero attached hydrogens (tertiary/aromatic N) is 2. The largest absolute Gasteiger partial charge is 0.490 e. The quantitative estimate of drug-likeness (QED) is 0.162. The molecule has 9 heteroatoms. The highest BCUT2D eigenvalue weighted by Crippen LogP contribution is 2.38. The molecule has 2 aliphatic rings. The molecule has 2 bridgehead atoms. The molecular formula is C31H29ClN2O5S. The molecule has 7 nitrogen and oxygen atoms in total. The Labute approximate surface area is 241 Å². The lowest BCUT2D eigenvalue weighted by molar-refractivity contribution is 0.0359. The number of amides is 1. The van der Waals surface area contributed by atoms with Gasteiger partial charge in [-0.15, -0.1) is 0 Å². The number of aromatic nitrogens is 1. The summed E-state index contributed by atoms with van der Waals surface area (Å²) >= 11 is 7.55. The van der Waals surface area contributed by atoms with E-state index in [0.717, 1.165) is 42.5 Å². The summed E-state index contributed by atoms with van der Waals surface area (Å²) in [5, 5.41) is 1.21. The van der Waals surface area contributed by atoms with Gasteiger partial charge in [0.15, 0.2) is 5.58 Å². The lowest BCUT2D eigenvalue weighted by atomic mass is 9.98. The lowest BCUT2D eigenvalue weighted by Gasteiger charge is -2.39. The standard InChI is InChI=1S/C31H29ClN2O5S/c1-2-37-30(36)21-7-12-25(13-8-21)38-26-16-23-10-11-24(17-26)34(23)29(35)20-5-3-19(4-6-20)18-40-31-33-27-14-9-22(32)15-28(27)39-31/h3-9,12-15,23-24,26H,2,10-11,16-18H2,1H3/t23-,24+,26?. The normalized spacial score (nSPS) is 20.1. The number of fused-ring (bicyclic) bond motifs is 3. The van der Waals surface area contributed by atoms with E-state index in [1.54, 1.807) is 31.2 Å². The zero-order valence-corrected chi connectivity index (χ0v) is 23.6. The number of piperidine rings is 1. The van der Waals surface area contributed by atoms with Gasteiger partial charge in [-0.1, -0.05) is 35.5 Å². The van der Waals surface area contributed by atoms with Crippen molar-refractivity contribution in [3.8, 4) is 5.75 Å². The molecule has 3 aromatic carbocycles. The van der Waals surface area contributed by atoms with Crippen LogP contribution in [0.3, 0.4) is 0 Å². The van der Waals surface area contributed by atoms with Crippen LogP contribution >= 0.6 is 23.4 Å². The van der Waals surface area contributed by atoms with Crippen molar-refractivity contribution in [3.63, 3.8) is 0 Å². The third-order valence-electron chi connectivity index (χ3n) is 7.49. The molecule has 3 atom stereocenters. The summed E-state index contributed by atoms with van der Waals surface area (Å²) in [4.78, 5) is 32.0. The van der Waals surface area contributed by atoms with Crippen LogP contribution in [0.25, 0.3) is 11.1 Å². The predicted molar refractivity (Wildman–Crippen MR) is 154 cm³/mol. The Morgan fingerprint density at radius 2 is 1.70 bits per heavy atom. The smallest absolute Gasteiger partial charge is 0.338 e. The van der Waals surface area contributed by atoms with E-state index in [1.807, 2.05) is 42.5 Å². The number of benzene rings is 3. The summed E-state index contributed by atoms with van der Waals surface area (Å²) < 4.78 is 17.1. The summed E-state index contributed by atoms with van der Waals surface area (Å²) in [6.45, 7) is 2.13. The van der Waals surface area contributed by atoms with Crippen molar-refractivity contribution < 1.29 is 23.5 Å². The maximum absolute atomic E-state index is 13.5. The van der Waals surface area contributed by atoms with Crippen molar-refractivity contribution in [1.82, 2.24) is 9.88 Å². The number of carbonyl (C=O) groups is 2. The van der Waals surface area contributed by atoms with Crippen LogP contribution in [0.4, 0.5) is 0 Å². The van der Waals surface area contributed by atoms with Crippen LogP contribution in [0.1, 0.15) is 58.9 Å². The zero-order valence-electron chi connectivity index (χ0n) is 22.0. The molecule has 1 aromatic heterocycles. The number of hydrogen-bond donors (Lipinski definition) is 0. The van der Waals surface area contributed by atoms with Crippen molar-refractivity contribution in [3.05, 3.63) is 88.4 Å². The molecular weight excluding hydrogens is 548 g/mol. The third-order valence-corrected chi connectivity index (χ3v) is 8.62. The van der Waals surface area contributed by atoms with E-state index in [1.165, 1.54) is 11.8 Å². The van der Waals surface area contributed by atoms with E-state index < -0.39 is 0 Å². The number of hydrogen-bond acceptors (Lipinski definition) is 7. The fraction of sp³-hybridized carbons (Fsp3) is 0.323. The molecule has 3 heterocycles. The van der Waals surface area contributed by atoms with E-state index >= 15 is 0 Å². The number of oxazole rings is 1. The second-order valence-electron chi connectivity index (χ2n) is 10.1. The first-order valence-electron chi connectivity index (χ1n) is 13.5. The van der Waals surface area contributed by atoms with Crippen LogP contribution in [-0.2, 0) is 10.5 Å². The van der Waals surface area contributed by atoms with Gasteiger partial charge in [-0.05, 0) is 73.9 Å². The molecule has 0 aliphatic carbocycles. The molecule has 206 valence electrons. The van der Waals surface area contributed by atoms with Crippen molar-refractivity contribution >= 4 is 46.3 Å². The highest BCUT2D eigenvalue weighted by molar-refractivity contribution is 7.98. The summed E-state index contributed by atoms with van der Waals surface area (Å²) in [6.07, 6.45) is 3.61. The Bertz CT molecular complexity index is 1510. The number of thioether (sulfide) groups is 1. The molecule has 6 rings (SSSR count). The SMILES string of the molecule is CCOC(=O)c1ccc(OC2C[C@H]3CC[C@@H](C2)N3C(=O)c2ccc(CSc3nc4ccc(Cl)cc4o3)cc2)cc1. The number of halogens is 1. The topological polar surface area (TPSA) is 81.9 Å². The van der Waals surface area contributed by atoms with Gasteiger partial charge in [-0.25, -0.2) is 9.78 Å². The van der Waals surface area contributed by atoms with Crippen molar-refractivity contribution in [2.75, 3.05) is 6.61 Å². The Morgan fingerprint density at radius 3 is 2.40 bits per heavy atom.